The normalized spacial score (nSPS) is 12.0. The number of amides is 1. The molecule has 168 valence electrons. The van der Waals surface area contributed by atoms with Crippen LogP contribution in [0.1, 0.15) is 17.4 Å². The van der Waals surface area contributed by atoms with Crippen LogP contribution in [0.25, 0.3) is 16.3 Å². The van der Waals surface area contributed by atoms with Gasteiger partial charge in [-0.3, -0.25) is 9.89 Å². The third kappa shape index (κ3) is 5.04. The number of aromatic nitrogens is 3. The molecule has 0 fully saturated rings. The zero-order valence-electron chi connectivity index (χ0n) is 17.2. The first-order valence-corrected chi connectivity index (χ1v) is 11.9. The molecule has 0 saturated carbocycles. The van der Waals surface area contributed by atoms with E-state index in [0.29, 0.717) is 15.5 Å². The Kier molecular flexibility index (Phi) is 7.13. The Morgan fingerprint density at radius 1 is 1.36 bits per heavy atom. The molecule has 2 heterocycles. The summed E-state index contributed by atoms with van der Waals surface area (Å²) in [6.45, 7) is 5.08. The van der Waals surface area contributed by atoms with E-state index in [1.807, 2.05) is 6.07 Å². The third-order valence-electron chi connectivity index (χ3n) is 4.20. The lowest BCUT2D eigenvalue weighted by molar-refractivity contribution is -0.118. The van der Waals surface area contributed by atoms with Crippen LogP contribution >= 0.6 is 22.9 Å². The van der Waals surface area contributed by atoms with Gasteiger partial charge in [0.2, 0.25) is 15.7 Å². The highest BCUT2D eigenvalue weighted by Crippen LogP contribution is 2.43. The number of hydrogen-bond donors (Lipinski definition) is 3. The van der Waals surface area contributed by atoms with Crippen molar-refractivity contribution >= 4 is 44.3 Å². The summed E-state index contributed by atoms with van der Waals surface area (Å²) < 4.78 is 27.2. The summed E-state index contributed by atoms with van der Waals surface area (Å²) in [5, 5.41) is 19.3. The number of nitrogens with zero attached hydrogens (tertiary/aromatic N) is 3. The fourth-order valence-corrected chi connectivity index (χ4v) is 6.14. The molecular weight excluding hydrogens is 484 g/mol. The van der Waals surface area contributed by atoms with Gasteiger partial charge in [0.25, 0.3) is 0 Å². The second-order valence-electron chi connectivity index (χ2n) is 6.53. The van der Waals surface area contributed by atoms with Gasteiger partial charge in [0.1, 0.15) is 17.3 Å². The Balaban J connectivity index is 2.33. The second kappa shape index (κ2) is 9.83. The molecule has 0 radical (unpaired) electrons. The Morgan fingerprint density at radius 3 is 2.61 bits per heavy atom. The SMILES string of the molecule is C=C(/C=C(\C=C/N)c1sc(-c2ncn[nH]2)c(S(=O)(=O)c2ccc(Cl)cc2)c1C#N)NC(C)=O. The Bertz CT molecular complexity index is 1410. The first kappa shape index (κ1) is 23.9. The fourth-order valence-electron chi connectivity index (χ4n) is 2.92. The van der Waals surface area contributed by atoms with Gasteiger partial charge in [0.05, 0.1) is 20.2 Å². The number of sulfone groups is 1. The molecule has 0 atom stereocenters. The van der Waals surface area contributed by atoms with E-state index >= 15 is 0 Å². The molecule has 33 heavy (non-hydrogen) atoms. The number of thiophene rings is 1. The van der Waals surface area contributed by atoms with Crippen LogP contribution in [-0.4, -0.2) is 29.5 Å². The second-order valence-corrected chi connectivity index (χ2v) is 9.88. The molecule has 2 aromatic heterocycles. The van der Waals surface area contributed by atoms with Gasteiger partial charge in [-0.2, -0.15) is 10.4 Å². The van der Waals surface area contributed by atoms with Gasteiger partial charge in [-0.15, -0.1) is 11.3 Å². The zero-order valence-corrected chi connectivity index (χ0v) is 19.6. The molecule has 0 aliphatic heterocycles. The van der Waals surface area contributed by atoms with E-state index in [9.17, 15) is 18.5 Å². The molecule has 3 rings (SSSR count). The summed E-state index contributed by atoms with van der Waals surface area (Å²) in [6.07, 6.45) is 5.42. The Hall–Kier alpha value is -3.72. The van der Waals surface area contributed by atoms with Crippen LogP contribution in [0.4, 0.5) is 0 Å². The molecule has 0 saturated heterocycles. The van der Waals surface area contributed by atoms with Crippen LogP contribution in [0, 0.1) is 11.3 Å². The van der Waals surface area contributed by atoms with Crippen molar-refractivity contribution in [1.82, 2.24) is 20.5 Å². The van der Waals surface area contributed by atoms with Crippen LogP contribution in [0.15, 0.2) is 71.0 Å². The minimum atomic E-state index is -4.16. The molecule has 4 N–H and O–H groups in total. The molecular formula is C21H17ClN6O3S2. The summed E-state index contributed by atoms with van der Waals surface area (Å²) in [6, 6.07) is 7.60. The Labute approximate surface area is 198 Å². The van der Waals surface area contributed by atoms with Gasteiger partial charge >= 0.3 is 0 Å². The molecule has 12 heteroatoms. The molecule has 0 spiro atoms. The average molecular weight is 501 g/mol. The lowest BCUT2D eigenvalue weighted by Gasteiger charge is -2.07. The van der Waals surface area contributed by atoms with E-state index in [1.165, 1.54) is 55.9 Å². The highest BCUT2D eigenvalue weighted by atomic mass is 35.5. The van der Waals surface area contributed by atoms with Crippen molar-refractivity contribution in [3.63, 3.8) is 0 Å². The topological polar surface area (TPSA) is 155 Å². The van der Waals surface area contributed by atoms with E-state index in [-0.39, 0.29) is 37.7 Å². The highest BCUT2D eigenvalue weighted by Gasteiger charge is 2.32. The number of aromatic amines is 1. The zero-order chi connectivity index (χ0) is 24.2. The fraction of sp³-hybridized carbons (Fsp3) is 0.0476. The van der Waals surface area contributed by atoms with Crippen LogP contribution < -0.4 is 11.1 Å². The number of benzene rings is 1. The predicted molar refractivity (Wildman–Crippen MR) is 126 cm³/mol. The molecule has 0 unspecified atom stereocenters. The molecule has 0 aliphatic carbocycles. The summed E-state index contributed by atoms with van der Waals surface area (Å²) in [5.74, 6) is -0.167. The van der Waals surface area contributed by atoms with Crippen molar-refractivity contribution in [2.24, 2.45) is 5.73 Å². The van der Waals surface area contributed by atoms with Crippen molar-refractivity contribution in [3.05, 3.63) is 76.7 Å². The lowest BCUT2D eigenvalue weighted by Crippen LogP contribution is -2.17. The standard InChI is InChI=1S/C21H17ClN6O3S2/c1-12(27-13(2)29)9-14(7-8-23)18-17(10-24)20(19(32-18)21-25-11-26-28-21)33(30,31)16-5-3-15(22)4-6-16/h3-9,11H,1,23H2,2H3,(H,27,29)(H,25,26,28)/b8-7-,14-9+. The van der Waals surface area contributed by atoms with Gasteiger partial charge < -0.3 is 11.1 Å². The maximum atomic E-state index is 13.6. The number of nitrogens with one attached hydrogen (secondary N) is 2. The van der Waals surface area contributed by atoms with Gasteiger partial charge in [-0.1, -0.05) is 18.2 Å². The summed E-state index contributed by atoms with van der Waals surface area (Å²) in [5.41, 5.74) is 6.08. The van der Waals surface area contributed by atoms with Crippen molar-refractivity contribution in [2.45, 2.75) is 16.7 Å². The van der Waals surface area contributed by atoms with Gasteiger partial charge in [0.15, 0.2) is 5.82 Å². The average Bonchev–Trinajstić information content (AvgIpc) is 3.41. The monoisotopic (exact) mass is 500 g/mol. The van der Waals surface area contributed by atoms with Crippen LogP contribution in [0.3, 0.4) is 0 Å². The largest absolute Gasteiger partial charge is 0.405 e. The van der Waals surface area contributed by atoms with Gasteiger partial charge in [-0.05, 0) is 48.2 Å². The molecule has 1 aromatic carbocycles. The van der Waals surface area contributed by atoms with E-state index in [1.54, 1.807) is 0 Å². The first-order chi connectivity index (χ1) is 15.7. The predicted octanol–water partition coefficient (Wildman–Crippen LogP) is 3.40. The Morgan fingerprint density at radius 2 is 2.06 bits per heavy atom. The molecule has 3 aromatic rings. The third-order valence-corrected chi connectivity index (χ3v) is 7.67. The van der Waals surface area contributed by atoms with Gasteiger partial charge in [0, 0.05) is 17.6 Å². The minimum absolute atomic E-state index is 0.0453. The first-order valence-electron chi connectivity index (χ1n) is 9.19. The van der Waals surface area contributed by atoms with Crippen molar-refractivity contribution in [2.75, 3.05) is 0 Å². The number of nitrogens with two attached hydrogens (primary N) is 1. The molecule has 1 amide bonds. The summed E-state index contributed by atoms with van der Waals surface area (Å²) >= 11 is 6.92. The number of rotatable bonds is 7. The number of carbonyl (C=O) groups is 1. The maximum absolute atomic E-state index is 13.6. The van der Waals surface area contributed by atoms with Gasteiger partial charge in [-0.25, -0.2) is 13.4 Å². The van der Waals surface area contributed by atoms with Crippen LogP contribution in [0.2, 0.25) is 5.02 Å². The molecule has 9 nitrogen and oxygen atoms in total. The van der Waals surface area contributed by atoms with E-state index in [4.69, 9.17) is 17.3 Å². The minimum Gasteiger partial charge on any atom is -0.405 e. The van der Waals surface area contributed by atoms with Crippen LogP contribution in [0.5, 0.6) is 0 Å². The number of halogens is 1. The molecule has 0 bridgehead atoms. The maximum Gasteiger partial charge on any atom is 0.221 e. The molecule has 0 aliphatic rings. The highest BCUT2D eigenvalue weighted by molar-refractivity contribution is 7.92. The number of H-pyrrole nitrogens is 1. The van der Waals surface area contributed by atoms with Crippen molar-refractivity contribution < 1.29 is 13.2 Å². The summed E-state index contributed by atoms with van der Waals surface area (Å²) in [4.78, 5) is 15.7. The van der Waals surface area contributed by atoms with E-state index in [0.717, 1.165) is 11.3 Å². The van der Waals surface area contributed by atoms with Crippen molar-refractivity contribution in [3.8, 4) is 16.8 Å². The smallest absolute Gasteiger partial charge is 0.221 e. The van der Waals surface area contributed by atoms with Crippen molar-refractivity contribution in [1.29, 1.82) is 5.26 Å². The lowest BCUT2D eigenvalue weighted by atomic mass is 10.1. The van der Waals surface area contributed by atoms with E-state index in [2.05, 4.69) is 27.1 Å². The number of carbonyl (C=O) groups excluding carboxylic acids is 1. The number of allylic oxidation sites excluding steroid dienone is 3. The number of hydrogen-bond acceptors (Lipinski definition) is 8. The quantitative estimate of drug-likeness (QED) is 0.420. The van der Waals surface area contributed by atoms with E-state index < -0.39 is 9.84 Å². The summed E-state index contributed by atoms with van der Waals surface area (Å²) in [7, 11) is -4.16. The number of nitriles is 1. The van der Waals surface area contributed by atoms with Crippen LogP contribution in [-0.2, 0) is 14.6 Å².